The maximum atomic E-state index is 3.49. The number of hydrogen-bond acceptors (Lipinski definition) is 0. The standard InChI is InChI=1S/C6H15Si.C3H7.Li.H2O/c1-4-5-6-7(2)3;1-3-2;;/h4-6H2,1-3H3;1,3H2,2H3;;1H2/q;-1;+1;. The molecule has 1 radical (unpaired) electrons. The Labute approximate surface area is 92.4 Å². The minimum atomic E-state index is 0. The summed E-state index contributed by atoms with van der Waals surface area (Å²) in [5.41, 5.74) is 0. The van der Waals surface area contributed by atoms with Gasteiger partial charge in [0.2, 0.25) is 0 Å². The largest absolute Gasteiger partial charge is 1.00 e. The predicted octanol–water partition coefficient (Wildman–Crippen LogP) is -0.0493. The van der Waals surface area contributed by atoms with Crippen LogP contribution in [0.2, 0.25) is 19.1 Å². The Morgan fingerprint density at radius 1 is 1.17 bits per heavy atom. The zero-order valence-electron chi connectivity index (χ0n) is 9.54. The molecule has 12 heavy (non-hydrogen) atoms. The van der Waals surface area contributed by atoms with Gasteiger partial charge in [-0.25, -0.2) is 0 Å². The van der Waals surface area contributed by atoms with Gasteiger partial charge in [0.1, 0.15) is 0 Å². The van der Waals surface area contributed by atoms with Crippen molar-refractivity contribution < 1.29 is 24.3 Å². The average molecular weight is 183 g/mol. The van der Waals surface area contributed by atoms with Gasteiger partial charge in [0.15, 0.2) is 0 Å². The van der Waals surface area contributed by atoms with Gasteiger partial charge in [-0.05, 0) is 0 Å². The van der Waals surface area contributed by atoms with E-state index < -0.39 is 0 Å². The van der Waals surface area contributed by atoms with E-state index >= 15 is 0 Å². The molecule has 2 N–H and O–H groups in total. The summed E-state index contributed by atoms with van der Waals surface area (Å²) in [5.74, 6) is 0. The van der Waals surface area contributed by atoms with Crippen LogP contribution in [0.3, 0.4) is 0 Å². The first-order valence-electron chi connectivity index (χ1n) is 4.27. The quantitative estimate of drug-likeness (QED) is 0.434. The van der Waals surface area contributed by atoms with E-state index in [0.29, 0.717) is 0 Å². The SMILES string of the molecule is CCCC[Si](C)C.O.[CH2-]CC.[Li+]. The molecule has 0 saturated heterocycles. The second-order valence-electron chi connectivity index (χ2n) is 2.81. The third kappa shape index (κ3) is 45.2. The normalized spacial score (nSPS) is 7.50. The van der Waals surface area contributed by atoms with Gasteiger partial charge in [-0.15, -0.1) is 0 Å². The van der Waals surface area contributed by atoms with Crippen molar-refractivity contribution in [1.29, 1.82) is 0 Å². The summed E-state index contributed by atoms with van der Waals surface area (Å²) in [4.78, 5) is 0. The fourth-order valence-electron chi connectivity index (χ4n) is 0.530. The molecule has 0 aliphatic carbocycles. The van der Waals surface area contributed by atoms with Gasteiger partial charge in [0.25, 0.3) is 0 Å². The molecule has 1 nitrogen and oxygen atoms in total. The molecule has 0 bridgehead atoms. The van der Waals surface area contributed by atoms with Crippen LogP contribution in [0, 0.1) is 6.92 Å². The van der Waals surface area contributed by atoms with Crippen LogP contribution in [0.4, 0.5) is 0 Å². The van der Waals surface area contributed by atoms with Gasteiger partial charge in [0, 0.05) is 8.80 Å². The van der Waals surface area contributed by atoms with Crippen LogP contribution in [0.15, 0.2) is 0 Å². The summed E-state index contributed by atoms with van der Waals surface area (Å²) >= 11 is 0. The van der Waals surface area contributed by atoms with Gasteiger partial charge in [-0.1, -0.05) is 45.8 Å². The van der Waals surface area contributed by atoms with Crippen LogP contribution < -0.4 is 18.9 Å². The summed E-state index contributed by atoms with van der Waals surface area (Å²) in [6.07, 6.45) is 3.82. The van der Waals surface area contributed by atoms with Gasteiger partial charge in [-0.2, -0.15) is 6.42 Å². The molecule has 0 fully saturated rings. The van der Waals surface area contributed by atoms with Crippen molar-refractivity contribution in [3.05, 3.63) is 6.92 Å². The second-order valence-corrected chi connectivity index (χ2v) is 5.72. The molecule has 0 aliphatic rings. The fraction of sp³-hybridized carbons (Fsp3) is 0.889. The minimum absolute atomic E-state index is 0. The maximum absolute atomic E-state index is 3.49. The molecule has 71 valence electrons. The Balaban J connectivity index is -0.0000000569. The summed E-state index contributed by atoms with van der Waals surface area (Å²) in [5, 5.41) is 0. The zero-order chi connectivity index (χ0) is 8.41. The van der Waals surface area contributed by atoms with Gasteiger partial charge >= 0.3 is 18.9 Å². The fourth-order valence-corrected chi connectivity index (χ4v) is 1.59. The summed E-state index contributed by atoms with van der Waals surface area (Å²) in [7, 11) is 0.103. The number of hydrogen-bond donors (Lipinski definition) is 0. The smallest absolute Gasteiger partial charge is 0.412 e. The number of rotatable bonds is 3. The van der Waals surface area contributed by atoms with Crippen molar-refractivity contribution in [2.24, 2.45) is 0 Å². The Kier molecular flexibility index (Phi) is 43.4. The maximum Gasteiger partial charge on any atom is 1.00 e. The zero-order valence-corrected chi connectivity index (χ0v) is 10.5. The van der Waals surface area contributed by atoms with Crippen LogP contribution in [0.25, 0.3) is 0 Å². The number of unbranched alkanes of at least 4 members (excludes halogenated alkanes) is 1. The predicted molar refractivity (Wildman–Crippen MR) is 56.5 cm³/mol. The molecule has 0 spiro atoms. The Bertz CT molecular complexity index is 51.8. The first-order valence-corrected chi connectivity index (χ1v) is 6.97. The van der Waals surface area contributed by atoms with E-state index in [1.165, 1.54) is 18.9 Å². The minimum Gasteiger partial charge on any atom is -0.412 e. The Hall–Kier alpha value is 0.774. The van der Waals surface area contributed by atoms with E-state index in [-0.39, 0.29) is 33.1 Å². The molecule has 0 atom stereocenters. The molecule has 0 heterocycles. The van der Waals surface area contributed by atoms with Crippen LogP contribution >= 0.6 is 0 Å². The van der Waals surface area contributed by atoms with Crippen molar-refractivity contribution in [2.75, 3.05) is 0 Å². The van der Waals surface area contributed by atoms with Gasteiger partial charge in [-0.3, -0.25) is 0 Å². The summed E-state index contributed by atoms with van der Waals surface area (Å²) in [6.45, 7) is 12.5. The molecule has 0 aliphatic heterocycles. The van der Waals surface area contributed by atoms with Crippen molar-refractivity contribution in [3.63, 3.8) is 0 Å². The molecular formula is C9H24LiOSi. The molecule has 0 rings (SSSR count). The first-order chi connectivity index (χ1) is 4.68. The molecule has 0 unspecified atom stereocenters. The monoisotopic (exact) mass is 183 g/mol. The average Bonchev–Trinajstić information content (AvgIpc) is 1.85. The summed E-state index contributed by atoms with van der Waals surface area (Å²) in [6, 6.07) is 1.50. The van der Waals surface area contributed by atoms with Crippen molar-refractivity contribution >= 4 is 8.80 Å². The van der Waals surface area contributed by atoms with Crippen LogP contribution in [0.1, 0.15) is 33.1 Å². The van der Waals surface area contributed by atoms with Crippen LogP contribution in [0.5, 0.6) is 0 Å². The molecule has 0 aromatic rings. The van der Waals surface area contributed by atoms with E-state index in [1.54, 1.807) is 0 Å². The van der Waals surface area contributed by atoms with Crippen LogP contribution in [-0.4, -0.2) is 14.3 Å². The Morgan fingerprint density at radius 3 is 1.58 bits per heavy atom. The van der Waals surface area contributed by atoms with E-state index in [9.17, 15) is 0 Å². The topological polar surface area (TPSA) is 31.5 Å². The molecule has 0 aromatic carbocycles. The molecular weight excluding hydrogens is 159 g/mol. The van der Waals surface area contributed by atoms with Crippen molar-refractivity contribution in [2.45, 2.75) is 52.2 Å². The third-order valence-electron chi connectivity index (χ3n) is 1.03. The summed E-state index contributed by atoms with van der Waals surface area (Å²) < 4.78 is 0. The molecule has 3 heteroatoms. The van der Waals surface area contributed by atoms with E-state index in [0.717, 1.165) is 6.42 Å². The Morgan fingerprint density at radius 2 is 1.50 bits per heavy atom. The molecule has 0 saturated carbocycles. The molecule has 0 amide bonds. The van der Waals surface area contributed by atoms with Crippen LogP contribution in [-0.2, 0) is 0 Å². The van der Waals surface area contributed by atoms with Crippen molar-refractivity contribution in [1.82, 2.24) is 0 Å². The second kappa shape index (κ2) is 22.6. The van der Waals surface area contributed by atoms with E-state index in [2.05, 4.69) is 26.9 Å². The third-order valence-corrected chi connectivity index (χ3v) is 2.38. The first kappa shape index (κ1) is 23.0. The van der Waals surface area contributed by atoms with Gasteiger partial charge in [0.05, 0.1) is 0 Å². The molecule has 0 aromatic heterocycles. The van der Waals surface area contributed by atoms with E-state index in [1.807, 2.05) is 6.92 Å². The van der Waals surface area contributed by atoms with Crippen molar-refractivity contribution in [3.8, 4) is 0 Å². The van der Waals surface area contributed by atoms with Gasteiger partial charge < -0.3 is 12.4 Å². The van der Waals surface area contributed by atoms with E-state index in [4.69, 9.17) is 0 Å².